The molecule has 1 atom stereocenters. The fourth-order valence-electron chi connectivity index (χ4n) is 1.91. The molecular formula is C14H16N2O3S. The Balaban J connectivity index is 2.31. The van der Waals surface area contributed by atoms with Gasteiger partial charge in [0.1, 0.15) is 11.8 Å². The molecule has 1 unspecified atom stereocenters. The van der Waals surface area contributed by atoms with Crippen molar-refractivity contribution < 1.29 is 14.3 Å². The number of nitrogens with zero attached hydrogens (tertiary/aromatic N) is 1. The maximum absolute atomic E-state index is 11.4. The molecular weight excluding hydrogens is 276 g/mol. The van der Waals surface area contributed by atoms with Crippen LogP contribution in [0.4, 0.5) is 5.69 Å². The maximum atomic E-state index is 11.4. The zero-order valence-corrected chi connectivity index (χ0v) is 12.3. The first-order chi connectivity index (χ1) is 9.52. The van der Waals surface area contributed by atoms with E-state index in [4.69, 9.17) is 4.42 Å². The number of hydrogen-bond acceptors (Lipinski definition) is 5. The number of oxazole rings is 1. The van der Waals surface area contributed by atoms with Gasteiger partial charge >= 0.3 is 5.97 Å². The Morgan fingerprint density at radius 1 is 1.50 bits per heavy atom. The molecule has 6 heteroatoms. The van der Waals surface area contributed by atoms with E-state index in [0.717, 1.165) is 10.7 Å². The summed E-state index contributed by atoms with van der Waals surface area (Å²) in [5.41, 5.74) is 0.836. The van der Waals surface area contributed by atoms with Gasteiger partial charge in [0.2, 0.25) is 5.89 Å². The number of carboxylic acid groups (broad SMARTS) is 1. The molecule has 106 valence electrons. The molecule has 2 aromatic rings. The van der Waals surface area contributed by atoms with Gasteiger partial charge in [-0.05, 0) is 32.2 Å². The molecule has 0 radical (unpaired) electrons. The number of anilines is 1. The molecule has 1 aromatic carbocycles. The molecule has 0 fully saturated rings. The lowest BCUT2D eigenvalue weighted by Crippen LogP contribution is -2.11. The second kappa shape index (κ2) is 6.00. The van der Waals surface area contributed by atoms with E-state index in [0.29, 0.717) is 11.6 Å². The van der Waals surface area contributed by atoms with Crippen LogP contribution in [0.25, 0.3) is 0 Å². The van der Waals surface area contributed by atoms with Gasteiger partial charge in [0.05, 0.1) is 17.4 Å². The normalized spacial score (nSPS) is 12.2. The number of carboxylic acids is 1. The van der Waals surface area contributed by atoms with Crippen molar-refractivity contribution in [2.45, 2.75) is 24.8 Å². The van der Waals surface area contributed by atoms with Gasteiger partial charge in [0.25, 0.3) is 0 Å². The van der Waals surface area contributed by atoms with Gasteiger partial charge in [-0.3, -0.25) is 0 Å². The first-order valence-electron chi connectivity index (χ1n) is 6.12. The highest BCUT2D eigenvalue weighted by Gasteiger charge is 2.18. The summed E-state index contributed by atoms with van der Waals surface area (Å²) in [7, 11) is 0. The van der Waals surface area contributed by atoms with Gasteiger partial charge in [-0.25, -0.2) is 9.78 Å². The molecule has 20 heavy (non-hydrogen) atoms. The van der Waals surface area contributed by atoms with E-state index >= 15 is 0 Å². The largest absolute Gasteiger partial charge is 0.478 e. The second-order valence-corrected chi connectivity index (χ2v) is 5.21. The van der Waals surface area contributed by atoms with Crippen LogP contribution in [-0.2, 0) is 0 Å². The van der Waals surface area contributed by atoms with Crippen molar-refractivity contribution >= 4 is 23.4 Å². The average Bonchev–Trinajstić information content (AvgIpc) is 2.84. The van der Waals surface area contributed by atoms with E-state index in [9.17, 15) is 9.90 Å². The van der Waals surface area contributed by atoms with Gasteiger partial charge in [-0.2, -0.15) is 0 Å². The monoisotopic (exact) mass is 292 g/mol. The summed E-state index contributed by atoms with van der Waals surface area (Å²) in [5.74, 6) is 0.312. The van der Waals surface area contributed by atoms with E-state index in [1.54, 1.807) is 18.3 Å². The third-order valence-corrected chi connectivity index (χ3v) is 3.62. The van der Waals surface area contributed by atoms with Crippen LogP contribution in [0, 0.1) is 6.92 Å². The average molecular weight is 292 g/mol. The molecule has 0 saturated carbocycles. The Kier molecular flexibility index (Phi) is 4.34. The zero-order chi connectivity index (χ0) is 14.7. The molecule has 5 nitrogen and oxygen atoms in total. The fraction of sp³-hybridized carbons (Fsp3) is 0.286. The minimum atomic E-state index is -0.951. The Morgan fingerprint density at radius 3 is 2.80 bits per heavy atom. The number of aromatic carboxylic acids is 1. The highest BCUT2D eigenvalue weighted by atomic mass is 32.2. The third kappa shape index (κ3) is 2.96. The second-order valence-electron chi connectivity index (χ2n) is 4.36. The molecule has 0 aliphatic heterocycles. The lowest BCUT2D eigenvalue weighted by Gasteiger charge is -2.15. The van der Waals surface area contributed by atoms with Gasteiger partial charge in [-0.15, -0.1) is 11.8 Å². The van der Waals surface area contributed by atoms with Gasteiger partial charge in [0, 0.05) is 4.90 Å². The molecule has 2 rings (SSSR count). The number of aryl methyl sites for hydroxylation is 1. The summed E-state index contributed by atoms with van der Waals surface area (Å²) in [4.78, 5) is 16.3. The van der Waals surface area contributed by atoms with E-state index < -0.39 is 5.97 Å². The summed E-state index contributed by atoms with van der Waals surface area (Å²) in [5, 5.41) is 12.5. The van der Waals surface area contributed by atoms with Crippen LogP contribution < -0.4 is 5.32 Å². The van der Waals surface area contributed by atoms with E-state index in [1.165, 1.54) is 11.8 Å². The van der Waals surface area contributed by atoms with Crippen molar-refractivity contribution in [3.05, 3.63) is 41.6 Å². The van der Waals surface area contributed by atoms with Gasteiger partial charge in [-0.1, -0.05) is 6.07 Å². The van der Waals surface area contributed by atoms with Crippen LogP contribution in [-0.4, -0.2) is 22.3 Å². The number of thioether (sulfide) groups is 1. The third-order valence-electron chi connectivity index (χ3n) is 2.84. The standard InChI is InChI=1S/C14H16N2O3S/c1-8-7-15-13(19-8)9(2)16-10-5-4-6-11(20-3)12(10)14(17)18/h4-7,9,16H,1-3H3,(H,17,18). The number of rotatable bonds is 5. The number of aromatic nitrogens is 1. The molecule has 0 saturated heterocycles. The summed E-state index contributed by atoms with van der Waals surface area (Å²) in [6, 6.07) is 5.15. The van der Waals surface area contributed by atoms with Gasteiger partial charge < -0.3 is 14.8 Å². The Morgan fingerprint density at radius 2 is 2.25 bits per heavy atom. The van der Waals surface area contributed by atoms with Crippen molar-refractivity contribution in [1.29, 1.82) is 0 Å². The smallest absolute Gasteiger partial charge is 0.338 e. The predicted molar refractivity (Wildman–Crippen MR) is 78.5 cm³/mol. The van der Waals surface area contributed by atoms with E-state index in [-0.39, 0.29) is 11.6 Å². The minimum absolute atomic E-state index is 0.209. The molecule has 0 amide bonds. The summed E-state index contributed by atoms with van der Waals surface area (Å²) < 4.78 is 5.45. The molecule has 2 N–H and O–H groups in total. The summed E-state index contributed by atoms with van der Waals surface area (Å²) in [6.07, 6.45) is 3.50. The minimum Gasteiger partial charge on any atom is -0.478 e. The van der Waals surface area contributed by atoms with Crippen molar-refractivity contribution in [3.8, 4) is 0 Å². The molecule has 1 heterocycles. The molecule has 0 aliphatic rings. The SMILES string of the molecule is CSc1cccc(NC(C)c2ncc(C)o2)c1C(=O)O. The highest BCUT2D eigenvalue weighted by molar-refractivity contribution is 7.98. The Hall–Kier alpha value is -1.95. The van der Waals surface area contributed by atoms with Crippen molar-refractivity contribution in [1.82, 2.24) is 4.98 Å². The summed E-state index contributed by atoms with van der Waals surface area (Å²) in [6.45, 7) is 3.70. The maximum Gasteiger partial charge on any atom is 0.338 e. The first-order valence-corrected chi connectivity index (χ1v) is 7.34. The summed E-state index contributed by atoms with van der Waals surface area (Å²) >= 11 is 1.41. The van der Waals surface area contributed by atoms with Crippen molar-refractivity contribution in [3.63, 3.8) is 0 Å². The van der Waals surface area contributed by atoms with Crippen LogP contribution in [0.2, 0.25) is 0 Å². The number of benzene rings is 1. The Labute approximate surface area is 121 Å². The van der Waals surface area contributed by atoms with Crippen molar-refractivity contribution in [2.24, 2.45) is 0 Å². The topological polar surface area (TPSA) is 75.4 Å². The van der Waals surface area contributed by atoms with Crippen molar-refractivity contribution in [2.75, 3.05) is 11.6 Å². The first kappa shape index (κ1) is 14.5. The number of nitrogens with one attached hydrogen (secondary N) is 1. The molecule has 0 aliphatic carbocycles. The van der Waals surface area contributed by atoms with Gasteiger partial charge in [0.15, 0.2) is 0 Å². The van der Waals surface area contributed by atoms with Crippen LogP contribution in [0.3, 0.4) is 0 Å². The fourth-order valence-corrected chi connectivity index (χ4v) is 2.53. The lowest BCUT2D eigenvalue weighted by atomic mass is 10.1. The molecule has 0 bridgehead atoms. The van der Waals surface area contributed by atoms with E-state index in [2.05, 4.69) is 10.3 Å². The lowest BCUT2D eigenvalue weighted by molar-refractivity contribution is 0.0694. The van der Waals surface area contributed by atoms with Crippen LogP contribution in [0.1, 0.15) is 35.0 Å². The van der Waals surface area contributed by atoms with Crippen LogP contribution in [0.15, 0.2) is 33.7 Å². The number of hydrogen-bond donors (Lipinski definition) is 2. The van der Waals surface area contributed by atoms with Crippen LogP contribution >= 0.6 is 11.8 Å². The quantitative estimate of drug-likeness (QED) is 0.820. The van der Waals surface area contributed by atoms with E-state index in [1.807, 2.05) is 26.2 Å². The highest BCUT2D eigenvalue weighted by Crippen LogP contribution is 2.29. The zero-order valence-electron chi connectivity index (χ0n) is 11.5. The Bertz CT molecular complexity index is 625. The predicted octanol–water partition coefficient (Wildman–Crippen LogP) is 3.58. The number of carbonyl (C=O) groups is 1. The molecule has 0 spiro atoms. The van der Waals surface area contributed by atoms with Crippen LogP contribution in [0.5, 0.6) is 0 Å². The molecule has 1 aromatic heterocycles.